The molecule has 4 aromatic rings. The summed E-state index contributed by atoms with van der Waals surface area (Å²) in [5.74, 6) is 0.240. The number of anilines is 1. The smallest absolute Gasteiger partial charge is 0.416 e. The van der Waals surface area contributed by atoms with Crippen LogP contribution in [0.2, 0.25) is 0 Å². The number of amides is 1. The summed E-state index contributed by atoms with van der Waals surface area (Å²) in [6, 6.07) is 9.98. The van der Waals surface area contributed by atoms with Crippen molar-refractivity contribution in [1.82, 2.24) is 20.0 Å². The monoisotopic (exact) mass is 499 g/mol. The Morgan fingerprint density at radius 3 is 2.64 bits per heavy atom. The fourth-order valence-electron chi connectivity index (χ4n) is 3.54. The Kier molecular flexibility index (Phi) is 7.67. The molecule has 1 N–H and O–H groups in total. The zero-order chi connectivity index (χ0) is 25.5. The lowest BCUT2D eigenvalue weighted by Crippen LogP contribution is -2.13. The average Bonchev–Trinajstić information content (AvgIpc) is 3.54. The Morgan fingerprint density at radius 1 is 1.14 bits per heavy atom. The van der Waals surface area contributed by atoms with Gasteiger partial charge >= 0.3 is 6.18 Å². The molecule has 0 aliphatic rings. The summed E-state index contributed by atoms with van der Waals surface area (Å²) in [6.45, 7) is 2.87. The molecule has 2 aromatic carbocycles. The van der Waals surface area contributed by atoms with Crippen LogP contribution in [0.25, 0.3) is 0 Å². The summed E-state index contributed by atoms with van der Waals surface area (Å²) in [7, 11) is 0. The number of aromatic nitrogens is 4. The van der Waals surface area contributed by atoms with Crippen LogP contribution in [0, 0.1) is 6.92 Å². The lowest BCUT2D eigenvalue weighted by atomic mass is 10.0. The Bertz CT molecular complexity index is 1290. The van der Waals surface area contributed by atoms with Crippen molar-refractivity contribution in [3.63, 3.8) is 0 Å². The number of nitrogens with one attached hydrogen (secondary N) is 1. The summed E-state index contributed by atoms with van der Waals surface area (Å²) < 4.78 is 50.9. The summed E-state index contributed by atoms with van der Waals surface area (Å²) >= 11 is 0. The van der Waals surface area contributed by atoms with Crippen molar-refractivity contribution in [3.8, 4) is 5.75 Å². The molecule has 0 fully saturated rings. The third-order valence-corrected chi connectivity index (χ3v) is 5.49. The number of alkyl halides is 3. The van der Waals surface area contributed by atoms with Gasteiger partial charge in [0.15, 0.2) is 12.3 Å². The molecule has 0 radical (unpaired) electrons. The van der Waals surface area contributed by atoms with E-state index in [2.05, 4.69) is 20.6 Å². The molecular weight excluding hydrogens is 475 g/mol. The highest BCUT2D eigenvalue weighted by molar-refractivity contribution is 6.02. The first-order valence-electron chi connectivity index (χ1n) is 11.3. The topological polar surface area (TPSA) is 95.1 Å². The van der Waals surface area contributed by atoms with Gasteiger partial charge in [0.2, 0.25) is 5.89 Å². The van der Waals surface area contributed by atoms with Crippen molar-refractivity contribution in [2.24, 2.45) is 0 Å². The van der Waals surface area contributed by atoms with Crippen molar-refractivity contribution < 1.29 is 27.1 Å². The number of halogens is 3. The number of hydrogen-bond acceptors (Lipinski definition) is 6. The number of oxazole rings is 1. The van der Waals surface area contributed by atoms with E-state index in [0.717, 1.165) is 43.5 Å². The van der Waals surface area contributed by atoms with Gasteiger partial charge in [-0.1, -0.05) is 11.3 Å². The highest BCUT2D eigenvalue weighted by Crippen LogP contribution is 2.30. The van der Waals surface area contributed by atoms with Crippen LogP contribution >= 0.6 is 0 Å². The second-order valence-corrected chi connectivity index (χ2v) is 8.16. The fraction of sp³-hybridized carbons (Fsp3) is 0.280. The van der Waals surface area contributed by atoms with Gasteiger partial charge in [0.1, 0.15) is 12.0 Å². The lowest BCUT2D eigenvalue weighted by Gasteiger charge is -2.09. The molecule has 0 saturated carbocycles. The van der Waals surface area contributed by atoms with E-state index in [0.29, 0.717) is 5.75 Å². The molecule has 0 spiro atoms. The molecule has 4 rings (SSSR count). The maximum Gasteiger partial charge on any atom is 0.416 e. The largest absolute Gasteiger partial charge is 0.484 e. The van der Waals surface area contributed by atoms with Crippen molar-refractivity contribution >= 4 is 11.6 Å². The molecule has 2 aromatic heterocycles. The van der Waals surface area contributed by atoms with Gasteiger partial charge in [0, 0.05) is 18.4 Å². The van der Waals surface area contributed by atoms with E-state index < -0.39 is 17.6 Å². The summed E-state index contributed by atoms with van der Waals surface area (Å²) in [5, 5.41) is 10.2. The molecule has 36 heavy (non-hydrogen) atoms. The molecule has 0 aliphatic carbocycles. The van der Waals surface area contributed by atoms with Crippen LogP contribution in [0.3, 0.4) is 0 Å². The second kappa shape index (κ2) is 11.1. The molecule has 0 saturated heterocycles. The van der Waals surface area contributed by atoms with Gasteiger partial charge in [-0.2, -0.15) is 13.2 Å². The molecule has 188 valence electrons. The molecule has 11 heteroatoms. The predicted octanol–water partition coefficient (Wildman–Crippen LogP) is 5.45. The van der Waals surface area contributed by atoms with E-state index in [9.17, 15) is 18.0 Å². The standard InChI is InChI=1S/C25H24F3N5O3/c1-17-14-21(10-5-18(17)4-2-3-12-33-13-11-29-32-33)35-16-23-31-22(15-36-23)24(34)30-20-8-6-19(7-9-20)25(26,27)28/h5-11,13-15H,2-4,12,16H2,1H3,(H,30,34). The Labute approximate surface area is 205 Å². The first-order valence-corrected chi connectivity index (χ1v) is 11.3. The predicted molar refractivity (Wildman–Crippen MR) is 124 cm³/mol. The van der Waals surface area contributed by atoms with E-state index in [4.69, 9.17) is 9.15 Å². The first kappa shape index (κ1) is 25.0. The summed E-state index contributed by atoms with van der Waals surface area (Å²) in [4.78, 5) is 16.4. The molecule has 2 heterocycles. The van der Waals surface area contributed by atoms with E-state index >= 15 is 0 Å². The van der Waals surface area contributed by atoms with Crippen LogP contribution in [-0.2, 0) is 25.7 Å². The number of benzene rings is 2. The minimum absolute atomic E-state index is 0.00841. The SMILES string of the molecule is Cc1cc(OCc2nc(C(=O)Nc3ccc(C(F)(F)F)cc3)co2)ccc1CCCCn1ccnn1. The van der Waals surface area contributed by atoms with Crippen LogP contribution in [0.5, 0.6) is 5.75 Å². The molecule has 0 unspecified atom stereocenters. The normalized spacial score (nSPS) is 11.4. The summed E-state index contributed by atoms with van der Waals surface area (Å²) in [6.07, 6.45) is 3.21. The van der Waals surface area contributed by atoms with Crippen LogP contribution < -0.4 is 10.1 Å². The number of aryl methyl sites for hydroxylation is 3. The van der Waals surface area contributed by atoms with Crippen molar-refractivity contribution in [3.05, 3.63) is 89.4 Å². The van der Waals surface area contributed by atoms with Gasteiger partial charge in [-0.3, -0.25) is 9.48 Å². The Balaban J connectivity index is 1.25. The van der Waals surface area contributed by atoms with E-state index in [-0.39, 0.29) is 23.9 Å². The zero-order valence-corrected chi connectivity index (χ0v) is 19.5. The van der Waals surface area contributed by atoms with Crippen LogP contribution in [0.15, 0.2) is 65.5 Å². The quantitative estimate of drug-likeness (QED) is 0.292. The number of nitrogens with zero attached hydrogens (tertiary/aromatic N) is 4. The fourth-order valence-corrected chi connectivity index (χ4v) is 3.54. The molecule has 1 amide bonds. The maximum absolute atomic E-state index is 12.7. The lowest BCUT2D eigenvalue weighted by molar-refractivity contribution is -0.137. The molecule has 8 nitrogen and oxygen atoms in total. The van der Waals surface area contributed by atoms with Crippen molar-refractivity contribution in [2.75, 3.05) is 5.32 Å². The second-order valence-electron chi connectivity index (χ2n) is 8.16. The van der Waals surface area contributed by atoms with Crippen LogP contribution in [0.4, 0.5) is 18.9 Å². The highest BCUT2D eigenvalue weighted by Gasteiger charge is 2.30. The number of unbranched alkanes of at least 4 members (excludes halogenated alkanes) is 1. The molecular formula is C25H24F3N5O3. The molecule has 0 atom stereocenters. The van der Waals surface area contributed by atoms with Crippen LogP contribution in [0.1, 0.15) is 45.9 Å². The highest BCUT2D eigenvalue weighted by atomic mass is 19.4. The molecule has 0 bridgehead atoms. The summed E-state index contributed by atoms with van der Waals surface area (Å²) in [5.41, 5.74) is 1.75. The number of carbonyl (C=O) groups is 1. The number of hydrogen-bond donors (Lipinski definition) is 1. The number of ether oxygens (including phenoxy) is 1. The number of carbonyl (C=O) groups excluding carboxylic acids is 1. The van der Waals surface area contributed by atoms with E-state index in [1.807, 2.05) is 36.0 Å². The Morgan fingerprint density at radius 2 is 1.94 bits per heavy atom. The van der Waals surface area contributed by atoms with E-state index in [1.54, 1.807) is 6.20 Å². The number of rotatable bonds is 10. The first-order chi connectivity index (χ1) is 17.3. The third-order valence-electron chi connectivity index (χ3n) is 5.49. The van der Waals surface area contributed by atoms with E-state index in [1.165, 1.54) is 24.0 Å². The van der Waals surface area contributed by atoms with Gasteiger partial charge in [0.05, 0.1) is 11.8 Å². The van der Waals surface area contributed by atoms with Gasteiger partial charge in [-0.05, 0) is 73.7 Å². The molecule has 0 aliphatic heterocycles. The van der Waals surface area contributed by atoms with Crippen molar-refractivity contribution in [1.29, 1.82) is 0 Å². The average molecular weight is 499 g/mol. The third kappa shape index (κ3) is 6.71. The van der Waals surface area contributed by atoms with Gasteiger partial charge in [-0.15, -0.1) is 5.10 Å². The maximum atomic E-state index is 12.7. The zero-order valence-electron chi connectivity index (χ0n) is 19.5. The minimum Gasteiger partial charge on any atom is -0.484 e. The van der Waals surface area contributed by atoms with Gasteiger partial charge < -0.3 is 14.5 Å². The van der Waals surface area contributed by atoms with Crippen molar-refractivity contribution in [2.45, 2.75) is 45.5 Å². The van der Waals surface area contributed by atoms with Crippen LogP contribution in [-0.4, -0.2) is 25.9 Å². The minimum atomic E-state index is -4.44. The van der Waals surface area contributed by atoms with Gasteiger partial charge in [0.25, 0.3) is 5.91 Å². The Hall–Kier alpha value is -4.15. The van der Waals surface area contributed by atoms with Gasteiger partial charge in [-0.25, -0.2) is 4.98 Å².